The molecule has 0 amide bonds. The molecule has 0 saturated carbocycles. The molecular formula is C36H30BrN. The molecule has 1 aromatic heterocycles. The van der Waals surface area contributed by atoms with Gasteiger partial charge in [0.25, 0.3) is 0 Å². The summed E-state index contributed by atoms with van der Waals surface area (Å²) in [6.07, 6.45) is 2.93. The molecule has 5 aromatic carbocycles. The Hall–Kier alpha value is -3.75. The Bertz CT molecular complexity index is 1760. The Morgan fingerprint density at radius 2 is 1.24 bits per heavy atom. The number of pyridine rings is 1. The normalized spacial score (nSPS) is 11.8. The number of hydrogen-bond donors (Lipinski definition) is 0. The maximum atomic E-state index is 4.83. The van der Waals surface area contributed by atoms with Crippen molar-refractivity contribution in [3.63, 3.8) is 0 Å². The highest BCUT2D eigenvalue weighted by molar-refractivity contribution is 9.10. The Morgan fingerprint density at radius 1 is 0.579 bits per heavy atom. The highest BCUT2D eigenvalue weighted by Gasteiger charge is 2.18. The van der Waals surface area contributed by atoms with Gasteiger partial charge < -0.3 is 0 Å². The lowest BCUT2D eigenvalue weighted by Crippen LogP contribution is -2.08. The van der Waals surface area contributed by atoms with Crippen LogP contribution in [0.5, 0.6) is 0 Å². The van der Waals surface area contributed by atoms with Crippen LogP contribution in [0.25, 0.3) is 55.1 Å². The standard InChI is InChI=1S/C36H30BrN/c1-36(2,3)22-24-10-9-13-26(20-24)27-16-18-31-32(21-27)34(25-11-5-4-6-12-25)29-14-7-8-15-30(29)35(31)33-19-17-28(37)23-38-33/h4-21,23H,22H2,1-3H3. The summed E-state index contributed by atoms with van der Waals surface area (Å²) in [5.74, 6) is 0. The Labute approximate surface area is 233 Å². The molecule has 0 aliphatic rings. The third kappa shape index (κ3) is 4.77. The van der Waals surface area contributed by atoms with Crippen LogP contribution < -0.4 is 0 Å². The summed E-state index contributed by atoms with van der Waals surface area (Å²) >= 11 is 3.56. The molecule has 1 heterocycles. The van der Waals surface area contributed by atoms with Gasteiger partial charge in [0, 0.05) is 16.2 Å². The van der Waals surface area contributed by atoms with Crippen LogP contribution in [-0.4, -0.2) is 4.98 Å². The van der Waals surface area contributed by atoms with Gasteiger partial charge in [-0.25, -0.2) is 0 Å². The Kier molecular flexibility index (Phi) is 6.37. The molecule has 0 aliphatic heterocycles. The van der Waals surface area contributed by atoms with Crippen molar-refractivity contribution in [3.05, 3.63) is 125 Å². The van der Waals surface area contributed by atoms with E-state index in [0.717, 1.165) is 16.6 Å². The van der Waals surface area contributed by atoms with Crippen molar-refractivity contribution in [3.8, 4) is 33.5 Å². The lowest BCUT2D eigenvalue weighted by molar-refractivity contribution is 0.411. The Balaban J connectivity index is 1.67. The van der Waals surface area contributed by atoms with E-state index in [1.54, 1.807) is 0 Å². The monoisotopic (exact) mass is 555 g/mol. The van der Waals surface area contributed by atoms with E-state index in [4.69, 9.17) is 4.98 Å². The minimum atomic E-state index is 0.244. The maximum Gasteiger partial charge on any atom is 0.0715 e. The van der Waals surface area contributed by atoms with E-state index in [1.165, 1.54) is 54.9 Å². The van der Waals surface area contributed by atoms with Gasteiger partial charge in [-0.15, -0.1) is 0 Å². The first-order valence-corrected chi connectivity index (χ1v) is 13.9. The van der Waals surface area contributed by atoms with Gasteiger partial charge in [0.15, 0.2) is 0 Å². The molecule has 2 heteroatoms. The molecule has 0 spiro atoms. The average molecular weight is 557 g/mol. The molecule has 6 aromatic rings. The number of halogens is 1. The number of fused-ring (bicyclic) bond motifs is 2. The van der Waals surface area contributed by atoms with Crippen LogP contribution in [0.15, 0.2) is 120 Å². The zero-order chi connectivity index (χ0) is 26.3. The molecular weight excluding hydrogens is 526 g/mol. The van der Waals surface area contributed by atoms with Crippen molar-refractivity contribution in [2.24, 2.45) is 5.41 Å². The van der Waals surface area contributed by atoms with Crippen LogP contribution in [0, 0.1) is 5.41 Å². The first kappa shape index (κ1) is 24.6. The van der Waals surface area contributed by atoms with Crippen LogP contribution in [0.3, 0.4) is 0 Å². The summed E-state index contributed by atoms with van der Waals surface area (Å²) in [6, 6.07) is 39.6. The number of aromatic nitrogens is 1. The Morgan fingerprint density at radius 3 is 1.95 bits per heavy atom. The minimum absolute atomic E-state index is 0.244. The number of hydrogen-bond acceptors (Lipinski definition) is 1. The predicted molar refractivity (Wildman–Crippen MR) is 166 cm³/mol. The lowest BCUT2D eigenvalue weighted by atomic mass is 9.85. The van der Waals surface area contributed by atoms with Crippen molar-refractivity contribution in [1.82, 2.24) is 4.98 Å². The van der Waals surface area contributed by atoms with Gasteiger partial charge in [0.1, 0.15) is 0 Å². The van der Waals surface area contributed by atoms with E-state index in [-0.39, 0.29) is 5.41 Å². The molecule has 0 radical (unpaired) electrons. The second-order valence-electron chi connectivity index (χ2n) is 11.2. The van der Waals surface area contributed by atoms with Gasteiger partial charge in [-0.3, -0.25) is 4.98 Å². The third-order valence-corrected chi connectivity index (χ3v) is 7.53. The van der Waals surface area contributed by atoms with Crippen molar-refractivity contribution in [1.29, 1.82) is 0 Å². The minimum Gasteiger partial charge on any atom is -0.255 e. The fourth-order valence-corrected chi connectivity index (χ4v) is 5.78. The van der Waals surface area contributed by atoms with E-state index >= 15 is 0 Å². The van der Waals surface area contributed by atoms with Crippen LogP contribution in [0.4, 0.5) is 0 Å². The molecule has 186 valence electrons. The highest BCUT2D eigenvalue weighted by atomic mass is 79.9. The molecule has 0 fully saturated rings. The van der Waals surface area contributed by atoms with Gasteiger partial charge in [0.05, 0.1) is 5.69 Å². The smallest absolute Gasteiger partial charge is 0.0715 e. The van der Waals surface area contributed by atoms with Crippen molar-refractivity contribution in [2.45, 2.75) is 27.2 Å². The van der Waals surface area contributed by atoms with Crippen LogP contribution in [0.2, 0.25) is 0 Å². The van der Waals surface area contributed by atoms with Gasteiger partial charge in [-0.05, 0) is 95.3 Å². The van der Waals surface area contributed by atoms with E-state index in [9.17, 15) is 0 Å². The average Bonchev–Trinajstić information content (AvgIpc) is 2.92. The molecule has 0 saturated heterocycles. The van der Waals surface area contributed by atoms with Crippen LogP contribution >= 0.6 is 15.9 Å². The van der Waals surface area contributed by atoms with Gasteiger partial charge in [-0.1, -0.05) is 112 Å². The van der Waals surface area contributed by atoms with E-state index in [2.05, 4.69) is 146 Å². The molecule has 0 bridgehead atoms. The zero-order valence-electron chi connectivity index (χ0n) is 22.0. The molecule has 6 rings (SSSR count). The third-order valence-electron chi connectivity index (χ3n) is 7.06. The van der Waals surface area contributed by atoms with Gasteiger partial charge >= 0.3 is 0 Å². The van der Waals surface area contributed by atoms with Gasteiger partial charge in [-0.2, -0.15) is 0 Å². The topological polar surface area (TPSA) is 12.9 Å². The fourth-order valence-electron chi connectivity index (χ4n) is 5.55. The van der Waals surface area contributed by atoms with E-state index < -0.39 is 0 Å². The molecule has 1 nitrogen and oxygen atoms in total. The lowest BCUT2D eigenvalue weighted by Gasteiger charge is -2.19. The molecule has 0 unspecified atom stereocenters. The first-order valence-electron chi connectivity index (χ1n) is 13.1. The zero-order valence-corrected chi connectivity index (χ0v) is 23.6. The number of rotatable bonds is 4. The maximum absolute atomic E-state index is 4.83. The second-order valence-corrected chi connectivity index (χ2v) is 12.1. The first-order chi connectivity index (χ1) is 18.4. The summed E-state index contributed by atoms with van der Waals surface area (Å²) in [6.45, 7) is 6.89. The summed E-state index contributed by atoms with van der Waals surface area (Å²) in [7, 11) is 0. The molecule has 0 N–H and O–H groups in total. The SMILES string of the molecule is CC(C)(C)Cc1cccc(-c2ccc3c(-c4ccc(Br)cn4)c4ccccc4c(-c4ccccc4)c3c2)c1. The van der Waals surface area contributed by atoms with E-state index in [1.807, 2.05) is 6.20 Å². The summed E-state index contributed by atoms with van der Waals surface area (Å²) in [5, 5.41) is 4.92. The van der Waals surface area contributed by atoms with Crippen molar-refractivity contribution < 1.29 is 0 Å². The number of benzene rings is 5. The van der Waals surface area contributed by atoms with E-state index in [0.29, 0.717) is 0 Å². The highest BCUT2D eigenvalue weighted by Crippen LogP contribution is 2.44. The predicted octanol–water partition coefficient (Wildman–Crippen LogP) is 10.7. The fraction of sp³-hybridized carbons (Fsp3) is 0.139. The largest absolute Gasteiger partial charge is 0.255 e. The summed E-state index contributed by atoms with van der Waals surface area (Å²) in [5.41, 5.74) is 8.75. The van der Waals surface area contributed by atoms with Crippen molar-refractivity contribution >= 4 is 37.5 Å². The number of nitrogens with zero attached hydrogens (tertiary/aromatic N) is 1. The second kappa shape index (κ2) is 9.85. The molecule has 0 atom stereocenters. The van der Waals surface area contributed by atoms with Crippen LogP contribution in [-0.2, 0) is 6.42 Å². The van der Waals surface area contributed by atoms with Crippen LogP contribution in [0.1, 0.15) is 26.3 Å². The molecule has 38 heavy (non-hydrogen) atoms. The van der Waals surface area contributed by atoms with Crippen molar-refractivity contribution in [2.75, 3.05) is 0 Å². The molecule has 0 aliphatic carbocycles. The quantitative estimate of drug-likeness (QED) is 0.197. The van der Waals surface area contributed by atoms with Gasteiger partial charge in [0.2, 0.25) is 0 Å². The summed E-state index contributed by atoms with van der Waals surface area (Å²) in [4.78, 5) is 4.83. The summed E-state index contributed by atoms with van der Waals surface area (Å²) < 4.78 is 0.980.